The van der Waals surface area contributed by atoms with Gasteiger partial charge in [-0.2, -0.15) is 0 Å². The van der Waals surface area contributed by atoms with Crippen molar-refractivity contribution in [2.75, 3.05) is 5.75 Å². The first-order valence-electron chi connectivity index (χ1n) is 5.21. The smallest absolute Gasteiger partial charge is 0.148 e. The van der Waals surface area contributed by atoms with Crippen molar-refractivity contribution in [2.45, 2.75) is 25.2 Å². The molecule has 0 amide bonds. The quantitative estimate of drug-likeness (QED) is 0.795. The van der Waals surface area contributed by atoms with Crippen LogP contribution in [0.25, 0.3) is 0 Å². The minimum absolute atomic E-state index is 0.00911. The highest BCUT2D eigenvalue weighted by atomic mass is 32.2. The lowest BCUT2D eigenvalue weighted by Crippen LogP contribution is -2.18. The number of ketones is 1. The molecule has 1 aromatic carbocycles. The van der Waals surface area contributed by atoms with E-state index in [2.05, 4.69) is 0 Å². The van der Waals surface area contributed by atoms with Crippen molar-refractivity contribution in [3.8, 4) is 0 Å². The van der Waals surface area contributed by atoms with Crippen LogP contribution in [0.5, 0.6) is 0 Å². The SMILES string of the molecule is CCC(C)C(=O)CS(=O)c1ccc(F)cc1. The van der Waals surface area contributed by atoms with E-state index in [4.69, 9.17) is 0 Å². The summed E-state index contributed by atoms with van der Waals surface area (Å²) in [5, 5.41) is 0. The number of rotatable bonds is 5. The zero-order valence-electron chi connectivity index (χ0n) is 9.40. The van der Waals surface area contributed by atoms with Crippen LogP contribution >= 0.6 is 0 Å². The lowest BCUT2D eigenvalue weighted by Gasteiger charge is -2.06. The molecule has 4 heteroatoms. The van der Waals surface area contributed by atoms with Crippen LogP contribution in [0.3, 0.4) is 0 Å². The number of benzene rings is 1. The number of carbonyl (C=O) groups excluding carboxylic acids is 1. The van der Waals surface area contributed by atoms with E-state index in [-0.39, 0.29) is 23.3 Å². The minimum Gasteiger partial charge on any atom is -0.298 e. The first-order chi connectivity index (χ1) is 7.54. The summed E-state index contributed by atoms with van der Waals surface area (Å²) in [6.07, 6.45) is 0.749. The second-order valence-electron chi connectivity index (χ2n) is 3.72. The second-order valence-corrected chi connectivity index (χ2v) is 5.17. The lowest BCUT2D eigenvalue weighted by molar-refractivity contribution is -0.119. The maximum absolute atomic E-state index is 12.6. The standard InChI is InChI=1S/C12H15FO2S/c1-3-9(2)12(14)8-16(15)11-6-4-10(13)5-7-11/h4-7,9H,3,8H2,1-2H3. The Labute approximate surface area is 97.3 Å². The summed E-state index contributed by atoms with van der Waals surface area (Å²) in [5.74, 6) is -0.427. The van der Waals surface area contributed by atoms with Crippen molar-refractivity contribution < 1.29 is 13.4 Å². The van der Waals surface area contributed by atoms with Crippen LogP contribution in [0.2, 0.25) is 0 Å². The molecule has 0 fully saturated rings. The van der Waals surface area contributed by atoms with E-state index in [0.717, 1.165) is 6.42 Å². The number of hydrogen-bond donors (Lipinski definition) is 0. The molecule has 2 unspecified atom stereocenters. The third-order valence-corrected chi connectivity index (χ3v) is 3.86. The first kappa shape index (κ1) is 13.0. The van der Waals surface area contributed by atoms with E-state index in [9.17, 15) is 13.4 Å². The Morgan fingerprint density at radius 3 is 2.44 bits per heavy atom. The van der Waals surface area contributed by atoms with E-state index in [1.165, 1.54) is 24.3 Å². The Balaban J connectivity index is 2.66. The van der Waals surface area contributed by atoms with E-state index in [0.29, 0.717) is 4.90 Å². The van der Waals surface area contributed by atoms with Crippen molar-refractivity contribution in [3.05, 3.63) is 30.1 Å². The molecule has 0 aliphatic rings. The average molecular weight is 242 g/mol. The Morgan fingerprint density at radius 1 is 1.38 bits per heavy atom. The Hall–Kier alpha value is -1.03. The van der Waals surface area contributed by atoms with Crippen molar-refractivity contribution in [1.29, 1.82) is 0 Å². The molecule has 0 spiro atoms. The topological polar surface area (TPSA) is 34.1 Å². The molecule has 2 atom stereocenters. The zero-order chi connectivity index (χ0) is 12.1. The molecule has 0 N–H and O–H groups in total. The predicted octanol–water partition coefficient (Wildman–Crippen LogP) is 2.55. The van der Waals surface area contributed by atoms with E-state index in [1.54, 1.807) is 0 Å². The summed E-state index contributed by atoms with van der Waals surface area (Å²) < 4.78 is 24.4. The molecule has 0 aliphatic carbocycles. The molecule has 1 aromatic rings. The van der Waals surface area contributed by atoms with Gasteiger partial charge in [-0.25, -0.2) is 4.39 Å². The highest BCUT2D eigenvalue weighted by Gasteiger charge is 2.15. The first-order valence-corrected chi connectivity index (χ1v) is 6.53. The molecule has 2 nitrogen and oxygen atoms in total. The lowest BCUT2D eigenvalue weighted by atomic mass is 10.1. The van der Waals surface area contributed by atoms with Gasteiger partial charge in [0.1, 0.15) is 11.6 Å². The number of carbonyl (C=O) groups is 1. The van der Waals surface area contributed by atoms with Crippen LogP contribution in [0.15, 0.2) is 29.2 Å². The predicted molar refractivity (Wildman–Crippen MR) is 62.1 cm³/mol. The van der Waals surface area contributed by atoms with Gasteiger partial charge in [-0.05, 0) is 30.7 Å². The summed E-state index contributed by atoms with van der Waals surface area (Å²) >= 11 is 0. The molecule has 0 aromatic heterocycles. The fourth-order valence-corrected chi connectivity index (χ4v) is 2.32. The maximum Gasteiger partial charge on any atom is 0.148 e. The summed E-state index contributed by atoms with van der Waals surface area (Å²) in [6.45, 7) is 3.74. The Kier molecular flexibility index (Phi) is 4.80. The Bertz CT molecular complexity index is 387. The molecule has 0 bridgehead atoms. The van der Waals surface area contributed by atoms with Crippen LogP contribution in [0, 0.1) is 11.7 Å². The molecule has 0 saturated carbocycles. The van der Waals surface area contributed by atoms with Crippen molar-refractivity contribution in [2.24, 2.45) is 5.92 Å². The van der Waals surface area contributed by atoms with Gasteiger partial charge in [0.25, 0.3) is 0 Å². The fraction of sp³-hybridized carbons (Fsp3) is 0.417. The van der Waals surface area contributed by atoms with Gasteiger partial charge in [-0.3, -0.25) is 9.00 Å². The molecule has 16 heavy (non-hydrogen) atoms. The maximum atomic E-state index is 12.6. The molecule has 0 saturated heterocycles. The Morgan fingerprint density at radius 2 is 1.94 bits per heavy atom. The zero-order valence-corrected chi connectivity index (χ0v) is 10.2. The fourth-order valence-electron chi connectivity index (χ4n) is 1.17. The summed E-state index contributed by atoms with van der Waals surface area (Å²) in [7, 11) is -1.36. The van der Waals surface area contributed by atoms with Gasteiger partial charge in [0, 0.05) is 10.8 Å². The third kappa shape index (κ3) is 3.52. The average Bonchev–Trinajstić information content (AvgIpc) is 2.28. The normalized spacial score (nSPS) is 14.4. The van der Waals surface area contributed by atoms with Crippen LogP contribution in [-0.4, -0.2) is 15.7 Å². The van der Waals surface area contributed by atoms with Crippen molar-refractivity contribution >= 4 is 16.6 Å². The van der Waals surface area contributed by atoms with Crippen molar-refractivity contribution in [1.82, 2.24) is 0 Å². The van der Waals surface area contributed by atoms with Gasteiger partial charge in [-0.1, -0.05) is 13.8 Å². The van der Waals surface area contributed by atoms with Crippen molar-refractivity contribution in [3.63, 3.8) is 0 Å². The van der Waals surface area contributed by atoms with Crippen LogP contribution in [0.1, 0.15) is 20.3 Å². The van der Waals surface area contributed by atoms with Gasteiger partial charge in [0.05, 0.1) is 16.6 Å². The number of hydrogen-bond acceptors (Lipinski definition) is 2. The van der Waals surface area contributed by atoms with E-state index < -0.39 is 10.8 Å². The minimum atomic E-state index is -1.36. The molecule has 0 aliphatic heterocycles. The highest BCUT2D eigenvalue weighted by Crippen LogP contribution is 2.11. The molecular weight excluding hydrogens is 227 g/mol. The largest absolute Gasteiger partial charge is 0.298 e. The second kappa shape index (κ2) is 5.89. The molecule has 0 radical (unpaired) electrons. The van der Waals surface area contributed by atoms with E-state index >= 15 is 0 Å². The van der Waals surface area contributed by atoms with E-state index in [1.807, 2.05) is 13.8 Å². The highest BCUT2D eigenvalue weighted by molar-refractivity contribution is 7.85. The van der Waals surface area contributed by atoms with Gasteiger partial charge < -0.3 is 0 Å². The third-order valence-electron chi connectivity index (χ3n) is 2.51. The van der Waals surface area contributed by atoms with Crippen LogP contribution < -0.4 is 0 Å². The molecule has 0 heterocycles. The molecular formula is C12H15FO2S. The van der Waals surface area contributed by atoms with Crippen LogP contribution in [-0.2, 0) is 15.6 Å². The van der Waals surface area contributed by atoms with Crippen LogP contribution in [0.4, 0.5) is 4.39 Å². The van der Waals surface area contributed by atoms with Gasteiger partial charge in [0.15, 0.2) is 0 Å². The number of Topliss-reactive ketones (excluding diaryl/α,β-unsaturated/α-hetero) is 1. The van der Waals surface area contributed by atoms with Gasteiger partial charge in [0.2, 0.25) is 0 Å². The molecule has 1 rings (SSSR count). The summed E-state index contributed by atoms with van der Waals surface area (Å²) in [5.41, 5.74) is 0. The monoisotopic (exact) mass is 242 g/mol. The number of halogens is 1. The summed E-state index contributed by atoms with van der Waals surface area (Å²) in [6, 6.07) is 5.41. The van der Waals surface area contributed by atoms with Gasteiger partial charge in [-0.15, -0.1) is 0 Å². The molecule has 88 valence electrons. The van der Waals surface area contributed by atoms with Gasteiger partial charge >= 0.3 is 0 Å². The summed E-state index contributed by atoms with van der Waals surface area (Å²) in [4.78, 5) is 12.1.